The standard InChI is InChI=1S/C31H31F3N4O3/c1-19(39)35-22-9-11-23(12-10-22)37-29(41)27-16-21-15-24(36-28(40)17-30(2,3)4)13-14-26(21)38(27)18-20-7-5-6-8-25(20)31(32,33)34/h5-16H,17-18H2,1-4H3,(H,35,39)(H,36,40)(H,37,41). The van der Waals surface area contributed by atoms with E-state index >= 15 is 0 Å². The molecule has 0 saturated carbocycles. The Morgan fingerprint density at radius 1 is 0.780 bits per heavy atom. The van der Waals surface area contributed by atoms with Crippen LogP contribution in [0.5, 0.6) is 0 Å². The first-order chi connectivity index (χ1) is 19.2. The summed E-state index contributed by atoms with van der Waals surface area (Å²) >= 11 is 0. The molecule has 0 spiro atoms. The lowest BCUT2D eigenvalue weighted by Gasteiger charge is -2.17. The fourth-order valence-corrected chi connectivity index (χ4v) is 4.53. The number of carbonyl (C=O) groups is 3. The Morgan fingerprint density at radius 2 is 1.39 bits per heavy atom. The number of alkyl halides is 3. The van der Waals surface area contributed by atoms with E-state index in [1.54, 1.807) is 48.5 Å². The van der Waals surface area contributed by atoms with Gasteiger partial charge in [0.25, 0.3) is 5.91 Å². The van der Waals surface area contributed by atoms with E-state index in [9.17, 15) is 27.6 Å². The lowest BCUT2D eigenvalue weighted by Crippen LogP contribution is -2.19. The first-order valence-electron chi connectivity index (χ1n) is 13.0. The van der Waals surface area contributed by atoms with Crippen molar-refractivity contribution in [3.8, 4) is 0 Å². The van der Waals surface area contributed by atoms with Gasteiger partial charge in [0.05, 0.1) is 5.56 Å². The molecule has 0 aliphatic heterocycles. The van der Waals surface area contributed by atoms with Crippen LogP contribution in [-0.4, -0.2) is 22.3 Å². The number of benzene rings is 3. The average Bonchev–Trinajstić information content (AvgIpc) is 3.21. The molecule has 4 aromatic rings. The van der Waals surface area contributed by atoms with Crippen molar-refractivity contribution in [1.29, 1.82) is 0 Å². The van der Waals surface area contributed by atoms with Gasteiger partial charge in [-0.15, -0.1) is 0 Å². The van der Waals surface area contributed by atoms with Crippen molar-refractivity contribution in [3.05, 3.63) is 89.6 Å². The summed E-state index contributed by atoms with van der Waals surface area (Å²) in [5, 5.41) is 8.86. The fraction of sp³-hybridized carbons (Fsp3) is 0.258. The highest BCUT2D eigenvalue weighted by atomic mass is 19.4. The van der Waals surface area contributed by atoms with Crippen LogP contribution in [0.2, 0.25) is 0 Å². The van der Waals surface area contributed by atoms with E-state index in [2.05, 4.69) is 16.0 Å². The van der Waals surface area contributed by atoms with Gasteiger partial charge in [-0.25, -0.2) is 0 Å². The average molecular weight is 565 g/mol. The molecule has 3 N–H and O–H groups in total. The summed E-state index contributed by atoms with van der Waals surface area (Å²) < 4.78 is 42.9. The largest absolute Gasteiger partial charge is 0.416 e. The number of nitrogens with one attached hydrogen (secondary N) is 3. The van der Waals surface area contributed by atoms with Crippen LogP contribution < -0.4 is 16.0 Å². The summed E-state index contributed by atoms with van der Waals surface area (Å²) in [7, 11) is 0. The molecule has 3 amide bonds. The highest BCUT2D eigenvalue weighted by Crippen LogP contribution is 2.34. The van der Waals surface area contributed by atoms with E-state index in [0.717, 1.165) is 6.07 Å². The van der Waals surface area contributed by atoms with Gasteiger partial charge in [-0.3, -0.25) is 14.4 Å². The smallest absolute Gasteiger partial charge is 0.332 e. The molecule has 4 rings (SSSR count). The van der Waals surface area contributed by atoms with Crippen LogP contribution in [-0.2, 0) is 22.3 Å². The summed E-state index contributed by atoms with van der Waals surface area (Å²) in [6, 6.07) is 18.3. The molecule has 0 aliphatic carbocycles. The Hall–Kier alpha value is -4.60. The van der Waals surface area contributed by atoms with Crippen molar-refractivity contribution in [1.82, 2.24) is 4.57 Å². The zero-order valence-electron chi connectivity index (χ0n) is 23.1. The van der Waals surface area contributed by atoms with Crippen molar-refractivity contribution in [3.63, 3.8) is 0 Å². The summed E-state index contributed by atoms with van der Waals surface area (Å²) in [5.74, 6) is -0.938. The maximum Gasteiger partial charge on any atom is 0.416 e. The molecule has 0 atom stereocenters. The Kier molecular flexibility index (Phi) is 8.23. The molecule has 1 aromatic heterocycles. The minimum Gasteiger partial charge on any atom is -0.332 e. The first-order valence-corrected chi connectivity index (χ1v) is 13.0. The number of carbonyl (C=O) groups excluding carboxylic acids is 3. The van der Waals surface area contributed by atoms with Gasteiger partial charge < -0.3 is 20.5 Å². The third-order valence-corrected chi connectivity index (χ3v) is 6.22. The zero-order chi connectivity index (χ0) is 29.9. The number of anilines is 3. The minimum absolute atomic E-state index is 0.00812. The van der Waals surface area contributed by atoms with E-state index in [1.807, 2.05) is 20.8 Å². The second-order valence-corrected chi connectivity index (χ2v) is 11.0. The molecule has 0 radical (unpaired) electrons. The molecular formula is C31H31F3N4O3. The Labute approximate surface area is 235 Å². The van der Waals surface area contributed by atoms with Gasteiger partial charge in [-0.2, -0.15) is 13.2 Å². The van der Waals surface area contributed by atoms with E-state index in [1.165, 1.54) is 29.7 Å². The highest BCUT2D eigenvalue weighted by molar-refractivity contribution is 6.07. The lowest BCUT2D eigenvalue weighted by atomic mass is 9.92. The van der Waals surface area contributed by atoms with Crippen LogP contribution in [0.1, 0.15) is 55.7 Å². The maximum atomic E-state index is 13.8. The third-order valence-electron chi connectivity index (χ3n) is 6.22. The van der Waals surface area contributed by atoms with Crippen LogP contribution in [0.3, 0.4) is 0 Å². The van der Waals surface area contributed by atoms with Crippen molar-refractivity contribution < 1.29 is 27.6 Å². The van der Waals surface area contributed by atoms with Gasteiger partial charge in [-0.1, -0.05) is 39.0 Å². The number of nitrogens with zero attached hydrogens (tertiary/aromatic N) is 1. The number of halogens is 3. The first kappa shape index (κ1) is 29.4. The molecular weight excluding hydrogens is 533 g/mol. The molecule has 0 bridgehead atoms. The van der Waals surface area contributed by atoms with E-state index < -0.39 is 17.6 Å². The summed E-state index contributed by atoms with van der Waals surface area (Å²) in [6.45, 7) is 7.03. The number of rotatable bonds is 7. The van der Waals surface area contributed by atoms with Gasteiger partial charge in [0.1, 0.15) is 5.69 Å². The Morgan fingerprint density at radius 3 is 2.00 bits per heavy atom. The monoisotopic (exact) mass is 564 g/mol. The topological polar surface area (TPSA) is 92.2 Å². The number of amides is 3. The van der Waals surface area contributed by atoms with Crippen LogP contribution in [0.25, 0.3) is 10.9 Å². The van der Waals surface area contributed by atoms with E-state index in [0.29, 0.717) is 34.4 Å². The quantitative estimate of drug-likeness (QED) is 0.220. The number of hydrogen-bond acceptors (Lipinski definition) is 3. The Bertz CT molecular complexity index is 1600. The Balaban J connectivity index is 1.72. The van der Waals surface area contributed by atoms with Gasteiger partial charge in [-0.05, 0) is 65.6 Å². The summed E-state index contributed by atoms with van der Waals surface area (Å²) in [5.41, 5.74) is 1.18. The summed E-state index contributed by atoms with van der Waals surface area (Å²) in [6.07, 6.45) is -4.27. The molecule has 1 heterocycles. The summed E-state index contributed by atoms with van der Waals surface area (Å²) in [4.78, 5) is 37.2. The molecule has 0 fully saturated rings. The molecule has 0 unspecified atom stereocenters. The number of aromatic nitrogens is 1. The molecule has 0 aliphatic rings. The van der Waals surface area contributed by atoms with Crippen LogP contribution in [0.4, 0.5) is 30.2 Å². The SMILES string of the molecule is CC(=O)Nc1ccc(NC(=O)c2cc3cc(NC(=O)CC(C)(C)C)ccc3n2Cc2ccccc2C(F)(F)F)cc1. The van der Waals surface area contributed by atoms with Crippen molar-refractivity contribution >= 4 is 45.7 Å². The van der Waals surface area contributed by atoms with E-state index in [-0.39, 0.29) is 35.0 Å². The van der Waals surface area contributed by atoms with Crippen molar-refractivity contribution in [2.24, 2.45) is 5.41 Å². The normalized spacial score (nSPS) is 11.8. The highest BCUT2D eigenvalue weighted by Gasteiger charge is 2.33. The van der Waals surface area contributed by atoms with Crippen LogP contribution in [0, 0.1) is 5.41 Å². The predicted molar refractivity (Wildman–Crippen MR) is 154 cm³/mol. The molecule has 7 nitrogen and oxygen atoms in total. The van der Waals surface area contributed by atoms with Gasteiger partial charge in [0.15, 0.2) is 0 Å². The zero-order valence-corrected chi connectivity index (χ0v) is 23.1. The van der Waals surface area contributed by atoms with Gasteiger partial charge in [0, 0.05) is 47.9 Å². The van der Waals surface area contributed by atoms with Crippen molar-refractivity contribution in [2.75, 3.05) is 16.0 Å². The van der Waals surface area contributed by atoms with Gasteiger partial charge >= 0.3 is 6.18 Å². The van der Waals surface area contributed by atoms with Crippen molar-refractivity contribution in [2.45, 2.75) is 46.8 Å². The minimum atomic E-state index is -4.57. The fourth-order valence-electron chi connectivity index (χ4n) is 4.53. The molecule has 214 valence electrons. The van der Waals surface area contributed by atoms with Crippen LogP contribution in [0.15, 0.2) is 72.8 Å². The maximum absolute atomic E-state index is 13.8. The molecule has 10 heteroatoms. The second kappa shape index (κ2) is 11.5. The van der Waals surface area contributed by atoms with Gasteiger partial charge in [0.2, 0.25) is 11.8 Å². The molecule has 3 aromatic carbocycles. The number of fused-ring (bicyclic) bond motifs is 1. The predicted octanol–water partition coefficient (Wildman–Crippen LogP) is 7.29. The van der Waals surface area contributed by atoms with Crippen LogP contribution >= 0.6 is 0 Å². The van der Waals surface area contributed by atoms with E-state index in [4.69, 9.17) is 0 Å². The molecule has 0 saturated heterocycles. The third kappa shape index (κ3) is 7.53. The molecule has 41 heavy (non-hydrogen) atoms. The lowest BCUT2D eigenvalue weighted by molar-refractivity contribution is -0.138. The second-order valence-electron chi connectivity index (χ2n) is 11.0. The number of hydrogen-bond donors (Lipinski definition) is 3.